The van der Waals surface area contributed by atoms with E-state index in [4.69, 9.17) is 0 Å². The molecule has 0 aromatic heterocycles. The molecule has 2 nitrogen and oxygen atoms in total. The minimum absolute atomic E-state index is 2.03. The molecular weight excluding hydrogens is 210 g/mol. The van der Waals surface area contributed by atoms with Crippen LogP contribution < -0.4 is 0 Å². The van der Waals surface area contributed by atoms with E-state index in [1.807, 2.05) is 15.9 Å². The highest BCUT2D eigenvalue weighted by Gasteiger charge is 2.21. The van der Waals surface area contributed by atoms with E-state index < -0.39 is 14.4 Å². The molecule has 0 rings (SSSR count). The monoisotopic (exact) mass is 209 g/mol. The summed E-state index contributed by atoms with van der Waals surface area (Å²) in [5, 5.41) is 0. The molecule has 0 saturated heterocycles. The van der Waals surface area contributed by atoms with Crippen LogP contribution >= 0.6 is 27.5 Å². The van der Waals surface area contributed by atoms with Crippen LogP contribution in [0.3, 0.4) is 0 Å². The first-order chi connectivity index (χ1) is 2.94. The van der Waals surface area contributed by atoms with Crippen molar-refractivity contribution < 1.29 is 13.2 Å². The number of hydrogen-bond acceptors (Lipinski definition) is 2. The van der Waals surface area contributed by atoms with Crippen LogP contribution in [0.5, 0.6) is 0 Å². The van der Waals surface area contributed by atoms with Crippen LogP contribution in [0.15, 0.2) is 0 Å². The molecule has 6 heteroatoms. The molecule has 0 aromatic carbocycles. The third-order valence-corrected chi connectivity index (χ3v) is 1.74. The van der Waals surface area contributed by atoms with Gasteiger partial charge in [-0.2, -0.15) is 4.39 Å². The molecule has 0 bridgehead atoms. The summed E-state index contributed by atoms with van der Waals surface area (Å²) in [7, 11) is 0. The Kier molecular flexibility index (Phi) is 2.67. The molecule has 0 fully saturated rings. The van der Waals surface area contributed by atoms with Gasteiger partial charge in [0.05, 0.1) is 0 Å². The zero-order chi connectivity index (χ0) is 6.08. The molecule has 2 unspecified atom stereocenters. The van der Waals surface area contributed by atoms with Crippen LogP contribution in [0, 0.1) is 0 Å². The van der Waals surface area contributed by atoms with Crippen LogP contribution in [0.25, 0.3) is 0 Å². The quantitative estimate of drug-likeness (QED) is 0.480. The van der Waals surface area contributed by atoms with Gasteiger partial charge in [0.15, 0.2) is 0 Å². The van der Waals surface area contributed by atoms with Gasteiger partial charge in [-0.15, -0.1) is 0 Å². The van der Waals surface area contributed by atoms with Gasteiger partial charge in [0, 0.05) is 11.1 Å². The minimum Gasteiger partial charge on any atom is -0.768 e. The Labute approximate surface area is 55.5 Å². The lowest BCUT2D eigenvalue weighted by atomic mass is 11.8. The van der Waals surface area contributed by atoms with Crippen LogP contribution in [-0.4, -0.2) is 12.1 Å². The van der Waals surface area contributed by atoms with Crippen molar-refractivity contribution in [3.63, 3.8) is 0 Å². The predicted molar refractivity (Wildman–Crippen MR) is 27.5 cm³/mol. The van der Waals surface area contributed by atoms with Gasteiger partial charge in [0.25, 0.3) is 3.37 Å². The average Bonchev–Trinajstić information content (AvgIpc) is 1.31. The fraction of sp³-hybridized carbons (Fsp3) is 1.00. The van der Waals surface area contributed by atoms with Gasteiger partial charge in [-0.25, -0.2) is 0 Å². The highest BCUT2D eigenvalue weighted by atomic mass is 79.9. The van der Waals surface area contributed by atoms with Crippen LogP contribution in [0.4, 0.5) is 4.39 Å². The molecule has 0 radical (unpaired) electrons. The van der Waals surface area contributed by atoms with E-state index in [1.54, 1.807) is 0 Å². The summed E-state index contributed by atoms with van der Waals surface area (Å²) in [6, 6.07) is 0. The molecule has 0 aliphatic carbocycles. The van der Waals surface area contributed by atoms with Crippen LogP contribution in [-0.2, 0) is 11.1 Å². The zero-order valence-corrected chi connectivity index (χ0v) is 6.02. The summed E-state index contributed by atoms with van der Waals surface area (Å²) in [5.41, 5.74) is 0. The van der Waals surface area contributed by atoms with E-state index in [0.29, 0.717) is 0 Å². The summed E-state index contributed by atoms with van der Waals surface area (Å²) >= 11 is 3.62. The second kappa shape index (κ2) is 2.39. The highest BCUT2D eigenvalue weighted by molar-refractivity contribution is 9.12. The molecule has 0 heterocycles. The summed E-state index contributed by atoms with van der Waals surface area (Å²) in [6.45, 7) is 0. The third-order valence-electron chi connectivity index (χ3n) is 0.189. The second-order valence-electron chi connectivity index (χ2n) is 0.680. The van der Waals surface area contributed by atoms with Crippen LogP contribution in [0.2, 0.25) is 0 Å². The maximum Gasteiger partial charge on any atom is 0.299 e. The first kappa shape index (κ1) is 7.81. The first-order valence-corrected chi connectivity index (χ1v) is 3.35. The topological polar surface area (TPSA) is 40.1 Å². The normalized spacial score (nSPS) is 23.4. The summed E-state index contributed by atoms with van der Waals surface area (Å²) < 4.78 is 27.7. The van der Waals surface area contributed by atoms with E-state index in [2.05, 4.69) is 11.6 Å². The van der Waals surface area contributed by atoms with Crippen molar-refractivity contribution in [2.45, 2.75) is 3.37 Å². The molecule has 0 amide bonds. The molecule has 0 spiro atoms. The Morgan fingerprint density at radius 3 is 2.14 bits per heavy atom. The largest absolute Gasteiger partial charge is 0.768 e. The van der Waals surface area contributed by atoms with Crippen LogP contribution in [0.1, 0.15) is 0 Å². The molecule has 44 valence electrons. The maximum atomic E-state index is 11.6. The molecule has 0 aliphatic heterocycles. The molecule has 0 aliphatic rings. The van der Waals surface area contributed by atoms with Gasteiger partial charge >= 0.3 is 0 Å². The lowest BCUT2D eigenvalue weighted by Crippen LogP contribution is -2.10. The minimum atomic E-state index is -2.92. The lowest BCUT2D eigenvalue weighted by Gasteiger charge is -2.10. The SMILES string of the molecule is O=S([O-])C(F)(Cl)Br. The van der Waals surface area contributed by atoms with E-state index in [-0.39, 0.29) is 0 Å². The van der Waals surface area contributed by atoms with Crippen molar-refractivity contribution in [1.29, 1.82) is 0 Å². The van der Waals surface area contributed by atoms with E-state index in [1.165, 1.54) is 0 Å². The number of halogens is 3. The molecule has 0 aromatic rings. The first-order valence-electron chi connectivity index (χ1n) is 1.10. The Bertz CT molecular complexity index is 90.2. The summed E-state index contributed by atoms with van der Waals surface area (Å²) in [4.78, 5) is 0. The van der Waals surface area contributed by atoms with Gasteiger partial charge in [-0.05, 0) is 15.9 Å². The van der Waals surface area contributed by atoms with Crippen molar-refractivity contribution in [1.82, 2.24) is 0 Å². The zero-order valence-electron chi connectivity index (χ0n) is 2.86. The molecule has 0 saturated carbocycles. The standard InChI is InChI=1S/CHBrClFO2S/c2-1(3,4)7(5)6/h(H,5,6)/p-1. The number of hydrogen-bond donors (Lipinski definition) is 0. The summed E-state index contributed by atoms with van der Waals surface area (Å²) in [5.74, 6) is 0. The van der Waals surface area contributed by atoms with E-state index in [0.717, 1.165) is 0 Å². The van der Waals surface area contributed by atoms with Gasteiger partial charge in [-0.1, -0.05) is 11.6 Å². The summed E-state index contributed by atoms with van der Waals surface area (Å²) in [6.07, 6.45) is 0. The van der Waals surface area contributed by atoms with Crippen molar-refractivity contribution in [2.75, 3.05) is 0 Å². The molecule has 7 heavy (non-hydrogen) atoms. The Balaban J connectivity index is 3.79. The van der Waals surface area contributed by atoms with Gasteiger partial charge in [-0.3, -0.25) is 4.21 Å². The van der Waals surface area contributed by atoms with Crippen molar-refractivity contribution >= 4 is 38.6 Å². The Morgan fingerprint density at radius 2 is 2.14 bits per heavy atom. The second-order valence-corrected chi connectivity index (χ2v) is 4.53. The molecule has 2 atom stereocenters. The average molecular weight is 210 g/mol. The third kappa shape index (κ3) is 3.40. The van der Waals surface area contributed by atoms with Gasteiger partial charge in [0.1, 0.15) is 0 Å². The Hall–Kier alpha value is 0.810. The maximum absolute atomic E-state index is 11.6. The van der Waals surface area contributed by atoms with Crippen molar-refractivity contribution in [3.05, 3.63) is 0 Å². The van der Waals surface area contributed by atoms with E-state index >= 15 is 0 Å². The molecular formula is CBrClFO2S-. The highest BCUT2D eigenvalue weighted by Crippen LogP contribution is 2.27. The smallest absolute Gasteiger partial charge is 0.299 e. The predicted octanol–water partition coefficient (Wildman–Crippen LogP) is 1.08. The van der Waals surface area contributed by atoms with Crippen molar-refractivity contribution in [2.24, 2.45) is 0 Å². The van der Waals surface area contributed by atoms with Gasteiger partial charge in [0.2, 0.25) is 0 Å². The molecule has 0 N–H and O–H groups in total. The fourth-order valence-corrected chi connectivity index (χ4v) is 0. The number of alkyl halides is 3. The van der Waals surface area contributed by atoms with E-state index in [9.17, 15) is 13.2 Å². The Morgan fingerprint density at radius 1 is 2.00 bits per heavy atom. The van der Waals surface area contributed by atoms with Gasteiger partial charge < -0.3 is 4.55 Å². The lowest BCUT2D eigenvalue weighted by molar-refractivity contribution is 0.455. The van der Waals surface area contributed by atoms with Crippen molar-refractivity contribution in [3.8, 4) is 0 Å². The number of rotatable bonds is 1. The fourth-order valence-electron chi connectivity index (χ4n) is 0.